The van der Waals surface area contributed by atoms with E-state index in [0.29, 0.717) is 18.2 Å². The smallest absolute Gasteiger partial charge is 0.232 e. The Morgan fingerprint density at radius 2 is 1.96 bits per heavy atom. The zero-order valence-electron chi connectivity index (χ0n) is 16.5. The van der Waals surface area contributed by atoms with Crippen molar-refractivity contribution in [1.82, 2.24) is 4.98 Å². The van der Waals surface area contributed by atoms with Gasteiger partial charge in [0.15, 0.2) is 0 Å². The maximum atomic E-state index is 12.3. The third kappa shape index (κ3) is 3.32. The summed E-state index contributed by atoms with van der Waals surface area (Å²) >= 11 is 0. The lowest BCUT2D eigenvalue weighted by molar-refractivity contribution is 0.253. The van der Waals surface area contributed by atoms with Crippen molar-refractivity contribution < 1.29 is 8.42 Å². The zero-order chi connectivity index (χ0) is 19.9. The first-order valence-electron chi connectivity index (χ1n) is 9.82. The molecular weight excluding hydrogens is 372 g/mol. The summed E-state index contributed by atoms with van der Waals surface area (Å²) in [5, 5.41) is 3.41. The first kappa shape index (κ1) is 19.1. The Morgan fingerprint density at radius 3 is 2.68 bits per heavy atom. The molecule has 1 spiro atoms. The Kier molecular flexibility index (Phi) is 4.73. The van der Waals surface area contributed by atoms with E-state index in [2.05, 4.69) is 16.4 Å². The van der Waals surface area contributed by atoms with Crippen LogP contribution in [-0.4, -0.2) is 32.7 Å². The van der Waals surface area contributed by atoms with E-state index < -0.39 is 10.0 Å². The lowest BCUT2D eigenvalue weighted by Gasteiger charge is -2.38. The summed E-state index contributed by atoms with van der Waals surface area (Å²) in [5.41, 5.74) is 9.85. The summed E-state index contributed by atoms with van der Waals surface area (Å²) in [5.74, 6) is 1.29. The Hall–Kier alpha value is -2.28. The molecule has 1 aromatic carbocycles. The maximum Gasteiger partial charge on any atom is 0.232 e. The maximum absolute atomic E-state index is 12.3. The van der Waals surface area contributed by atoms with Gasteiger partial charge in [0.2, 0.25) is 10.0 Å². The highest BCUT2D eigenvalue weighted by Gasteiger charge is 2.46. The van der Waals surface area contributed by atoms with E-state index in [4.69, 9.17) is 5.73 Å². The molecule has 0 unspecified atom stereocenters. The highest BCUT2D eigenvalue weighted by Crippen LogP contribution is 2.50. The summed E-state index contributed by atoms with van der Waals surface area (Å²) in [6.45, 7) is 3.39. The van der Waals surface area contributed by atoms with E-state index in [0.717, 1.165) is 49.3 Å². The molecule has 1 fully saturated rings. The van der Waals surface area contributed by atoms with Crippen LogP contribution in [0, 0.1) is 12.8 Å². The van der Waals surface area contributed by atoms with E-state index in [1.54, 1.807) is 10.5 Å². The van der Waals surface area contributed by atoms with E-state index in [1.807, 2.05) is 31.2 Å². The van der Waals surface area contributed by atoms with E-state index >= 15 is 0 Å². The average Bonchev–Trinajstić information content (AvgIpc) is 2.99. The molecular formula is C21H28N4O2S. The van der Waals surface area contributed by atoms with Gasteiger partial charge >= 0.3 is 0 Å². The molecule has 2 heterocycles. The zero-order valence-corrected chi connectivity index (χ0v) is 17.3. The average molecular weight is 401 g/mol. The van der Waals surface area contributed by atoms with Gasteiger partial charge in [-0.05, 0) is 61.8 Å². The number of nitrogens with zero attached hydrogens (tertiary/aromatic N) is 2. The van der Waals surface area contributed by atoms with Crippen molar-refractivity contribution in [2.45, 2.75) is 38.0 Å². The normalized spacial score (nSPS) is 24.4. The monoisotopic (exact) mass is 400 g/mol. The molecule has 0 bridgehead atoms. The summed E-state index contributed by atoms with van der Waals surface area (Å²) in [6, 6.07) is 9.90. The second kappa shape index (κ2) is 6.95. The molecule has 2 aromatic rings. The van der Waals surface area contributed by atoms with Crippen LogP contribution in [0.5, 0.6) is 0 Å². The Bertz CT molecular complexity index is 982. The number of nitrogens with two attached hydrogens (primary N) is 1. The van der Waals surface area contributed by atoms with Gasteiger partial charge in [-0.1, -0.05) is 18.2 Å². The van der Waals surface area contributed by atoms with Gasteiger partial charge in [-0.25, -0.2) is 13.4 Å². The molecule has 1 saturated carbocycles. The van der Waals surface area contributed by atoms with Gasteiger partial charge in [-0.3, -0.25) is 4.31 Å². The van der Waals surface area contributed by atoms with Gasteiger partial charge in [-0.15, -0.1) is 0 Å². The Labute approximate surface area is 167 Å². The van der Waals surface area contributed by atoms with Crippen molar-refractivity contribution in [3.8, 4) is 0 Å². The number of anilines is 3. The lowest BCUT2D eigenvalue weighted by atomic mass is 9.68. The quantitative estimate of drug-likeness (QED) is 0.822. The number of aromatic nitrogens is 1. The second-order valence-electron chi connectivity index (χ2n) is 8.28. The molecule has 0 amide bonds. The summed E-state index contributed by atoms with van der Waals surface area (Å²) in [4.78, 5) is 4.35. The lowest BCUT2D eigenvalue weighted by Crippen LogP contribution is -2.40. The van der Waals surface area contributed by atoms with Gasteiger partial charge in [0.1, 0.15) is 5.82 Å². The predicted octanol–water partition coefficient (Wildman–Crippen LogP) is 3.29. The number of nitrogen functional groups attached to an aromatic ring is 1. The molecule has 1 aliphatic carbocycles. The molecule has 0 saturated heterocycles. The molecule has 7 heteroatoms. The molecule has 6 nitrogen and oxygen atoms in total. The molecule has 4 rings (SSSR count). The van der Waals surface area contributed by atoms with Crippen LogP contribution in [0.3, 0.4) is 0 Å². The molecule has 0 radical (unpaired) electrons. The van der Waals surface area contributed by atoms with Crippen LogP contribution in [0.25, 0.3) is 0 Å². The van der Waals surface area contributed by atoms with E-state index in [9.17, 15) is 8.42 Å². The minimum Gasteiger partial charge on any atom is -0.396 e. The fourth-order valence-electron chi connectivity index (χ4n) is 4.69. The third-order valence-electron chi connectivity index (χ3n) is 6.42. The van der Waals surface area contributed by atoms with Crippen LogP contribution < -0.4 is 15.4 Å². The van der Waals surface area contributed by atoms with Gasteiger partial charge in [0.05, 0.1) is 17.6 Å². The topological polar surface area (TPSA) is 88.3 Å². The van der Waals surface area contributed by atoms with Crippen LogP contribution in [0.2, 0.25) is 0 Å². The number of hydrogen-bond acceptors (Lipinski definition) is 5. The number of aryl methyl sites for hydroxylation is 1. The number of para-hydroxylation sites is 1. The number of sulfonamides is 1. The molecule has 1 aromatic heterocycles. The predicted molar refractivity (Wildman–Crippen MR) is 114 cm³/mol. The summed E-state index contributed by atoms with van der Waals surface area (Å²) in [6.07, 6.45) is 7.20. The Morgan fingerprint density at radius 1 is 1.25 bits per heavy atom. The minimum absolute atomic E-state index is 0.0587. The first-order chi connectivity index (χ1) is 13.3. The van der Waals surface area contributed by atoms with Gasteiger partial charge < -0.3 is 11.1 Å². The van der Waals surface area contributed by atoms with Crippen LogP contribution in [-0.2, 0) is 15.4 Å². The fraction of sp³-hybridized carbons (Fsp3) is 0.476. The number of nitrogens with one attached hydrogen (secondary N) is 1. The second-order valence-corrected chi connectivity index (χ2v) is 10.2. The first-order valence-corrected chi connectivity index (χ1v) is 11.7. The van der Waals surface area contributed by atoms with Gasteiger partial charge in [-0.2, -0.15) is 0 Å². The van der Waals surface area contributed by atoms with Crippen LogP contribution in [0.1, 0.15) is 36.8 Å². The Balaban J connectivity index is 1.46. The highest BCUT2D eigenvalue weighted by atomic mass is 32.2. The van der Waals surface area contributed by atoms with Crippen molar-refractivity contribution in [1.29, 1.82) is 0 Å². The van der Waals surface area contributed by atoms with Gasteiger partial charge in [0, 0.05) is 24.7 Å². The molecule has 0 atom stereocenters. The number of benzene rings is 1. The highest BCUT2D eigenvalue weighted by molar-refractivity contribution is 7.92. The van der Waals surface area contributed by atoms with Crippen molar-refractivity contribution in [2.75, 3.05) is 34.7 Å². The number of rotatable bonds is 4. The van der Waals surface area contributed by atoms with E-state index in [-0.39, 0.29) is 5.41 Å². The summed E-state index contributed by atoms with van der Waals surface area (Å²) < 4.78 is 26.2. The van der Waals surface area contributed by atoms with Crippen LogP contribution >= 0.6 is 0 Å². The van der Waals surface area contributed by atoms with Crippen molar-refractivity contribution >= 4 is 27.2 Å². The van der Waals surface area contributed by atoms with Crippen molar-refractivity contribution in [2.24, 2.45) is 5.92 Å². The number of hydrogen-bond donors (Lipinski definition) is 2. The number of pyridine rings is 1. The SMILES string of the molecule is Cc1ccnc(NCC2CCC3(CC2)CN(S(C)(=O)=O)c2ccccc23)c1N. The van der Waals surface area contributed by atoms with Crippen LogP contribution in [0.4, 0.5) is 17.2 Å². The van der Waals surface area contributed by atoms with E-state index in [1.165, 1.54) is 11.8 Å². The molecule has 3 N–H and O–H groups in total. The molecule has 1 aliphatic heterocycles. The molecule has 28 heavy (non-hydrogen) atoms. The molecule has 2 aliphatic rings. The summed E-state index contributed by atoms with van der Waals surface area (Å²) in [7, 11) is -3.26. The van der Waals surface area contributed by atoms with Crippen LogP contribution in [0.15, 0.2) is 36.5 Å². The number of fused-ring (bicyclic) bond motifs is 2. The minimum atomic E-state index is -3.26. The van der Waals surface area contributed by atoms with Crippen molar-refractivity contribution in [3.05, 3.63) is 47.7 Å². The third-order valence-corrected chi connectivity index (χ3v) is 7.55. The fourth-order valence-corrected chi connectivity index (χ4v) is 5.69. The van der Waals surface area contributed by atoms with Gasteiger partial charge in [0.25, 0.3) is 0 Å². The standard InChI is InChI=1S/C21H28N4O2S/c1-15-9-12-23-20(19(15)22)24-13-16-7-10-21(11-8-16)14-25(28(2,26)27)18-6-4-3-5-17(18)21/h3-6,9,12,16H,7-8,10-11,13-14,22H2,1-2H3,(H,23,24). The van der Waals surface area contributed by atoms with Crippen molar-refractivity contribution in [3.63, 3.8) is 0 Å². The largest absolute Gasteiger partial charge is 0.396 e. The molecule has 150 valence electrons.